The Morgan fingerprint density at radius 2 is 2.14 bits per heavy atom. The lowest BCUT2D eigenvalue weighted by molar-refractivity contribution is -0.146. The number of nitrogens with zero attached hydrogens (tertiary/aromatic N) is 2. The molecule has 3 rings (SSSR count). The third-order valence-corrected chi connectivity index (χ3v) is 5.31. The molecule has 21 heavy (non-hydrogen) atoms. The van der Waals surface area contributed by atoms with Crippen molar-refractivity contribution >= 4 is 17.5 Å². The molecule has 1 atom stereocenters. The lowest BCUT2D eigenvalue weighted by atomic mass is 9.68. The predicted molar refractivity (Wildman–Crippen MR) is 83.0 cm³/mol. The van der Waals surface area contributed by atoms with Crippen LogP contribution in [0.1, 0.15) is 32.4 Å². The first-order valence-corrected chi connectivity index (χ1v) is 7.99. The zero-order valence-corrected chi connectivity index (χ0v) is 13.4. The van der Waals surface area contributed by atoms with E-state index in [1.165, 1.54) is 0 Å². The zero-order valence-electron chi connectivity index (χ0n) is 12.6. The van der Waals surface area contributed by atoms with Gasteiger partial charge in [-0.1, -0.05) is 11.6 Å². The van der Waals surface area contributed by atoms with Crippen LogP contribution in [-0.4, -0.2) is 34.9 Å². The fourth-order valence-corrected chi connectivity index (χ4v) is 3.65. The second-order valence-electron chi connectivity index (χ2n) is 6.72. The summed E-state index contributed by atoms with van der Waals surface area (Å²) in [6, 6.07) is 4.09. The molecule has 4 nitrogen and oxygen atoms in total. The van der Waals surface area contributed by atoms with Gasteiger partial charge in [-0.05, 0) is 57.8 Å². The fraction of sp³-hybridized carbons (Fsp3) is 0.625. The molecule has 0 saturated carbocycles. The number of halogens is 1. The second kappa shape index (κ2) is 5.58. The molecule has 1 aromatic rings. The van der Waals surface area contributed by atoms with E-state index in [1.54, 1.807) is 6.20 Å². The summed E-state index contributed by atoms with van der Waals surface area (Å²) in [6.45, 7) is 7.00. The standard InChI is InChI=1S/C16H22ClN3O/c1-16(2)14(19-15(16)21)11-5-8-20(9-6-11)10-13-12(17)4-3-7-18-13/h3-4,7,11,14H,5-6,8-10H2,1-2H3,(H,19,21). The lowest BCUT2D eigenvalue weighted by Gasteiger charge is -2.50. The van der Waals surface area contributed by atoms with E-state index in [9.17, 15) is 4.79 Å². The van der Waals surface area contributed by atoms with Crippen molar-refractivity contribution in [2.75, 3.05) is 13.1 Å². The Morgan fingerprint density at radius 1 is 1.43 bits per heavy atom. The van der Waals surface area contributed by atoms with Crippen LogP contribution in [0.4, 0.5) is 0 Å². The fourth-order valence-electron chi connectivity index (χ4n) is 3.47. The molecule has 0 aromatic carbocycles. The van der Waals surface area contributed by atoms with Crippen molar-refractivity contribution in [3.63, 3.8) is 0 Å². The molecule has 1 unspecified atom stereocenters. The number of pyridine rings is 1. The van der Waals surface area contributed by atoms with E-state index in [-0.39, 0.29) is 11.3 Å². The monoisotopic (exact) mass is 307 g/mol. The van der Waals surface area contributed by atoms with Crippen LogP contribution >= 0.6 is 11.6 Å². The van der Waals surface area contributed by atoms with Crippen LogP contribution in [0.5, 0.6) is 0 Å². The van der Waals surface area contributed by atoms with E-state index in [0.29, 0.717) is 12.0 Å². The molecular weight excluding hydrogens is 286 g/mol. The van der Waals surface area contributed by atoms with E-state index < -0.39 is 0 Å². The van der Waals surface area contributed by atoms with Gasteiger partial charge < -0.3 is 5.32 Å². The van der Waals surface area contributed by atoms with Crippen molar-refractivity contribution in [2.45, 2.75) is 39.3 Å². The first kappa shape index (κ1) is 14.8. The van der Waals surface area contributed by atoms with Gasteiger partial charge in [0.25, 0.3) is 0 Å². The third-order valence-electron chi connectivity index (χ3n) is 4.96. The number of likely N-dealkylation sites (tertiary alicyclic amines) is 1. The van der Waals surface area contributed by atoms with Gasteiger partial charge in [-0.2, -0.15) is 0 Å². The Labute approximate surface area is 130 Å². The highest BCUT2D eigenvalue weighted by molar-refractivity contribution is 6.31. The molecule has 2 aliphatic rings. The summed E-state index contributed by atoms with van der Waals surface area (Å²) in [7, 11) is 0. The van der Waals surface area contributed by atoms with Crippen LogP contribution in [0.3, 0.4) is 0 Å². The molecule has 2 fully saturated rings. The molecule has 0 bridgehead atoms. The third kappa shape index (κ3) is 2.79. The summed E-state index contributed by atoms with van der Waals surface area (Å²) in [5.41, 5.74) is 0.756. The predicted octanol–water partition coefficient (Wildman–Crippen LogP) is 2.47. The van der Waals surface area contributed by atoms with Gasteiger partial charge in [-0.3, -0.25) is 14.7 Å². The van der Waals surface area contributed by atoms with Crippen LogP contribution in [0, 0.1) is 11.3 Å². The number of rotatable bonds is 3. The van der Waals surface area contributed by atoms with E-state index in [0.717, 1.165) is 43.2 Å². The highest BCUT2D eigenvalue weighted by Gasteiger charge is 2.50. The minimum absolute atomic E-state index is 0.190. The SMILES string of the molecule is CC1(C)C(=O)NC1C1CCN(Cc2ncccc2Cl)CC1. The number of carbonyl (C=O) groups excluding carboxylic acids is 1. The molecule has 1 amide bonds. The number of hydrogen-bond acceptors (Lipinski definition) is 3. The first-order valence-electron chi connectivity index (χ1n) is 7.61. The van der Waals surface area contributed by atoms with Gasteiger partial charge in [0.15, 0.2) is 0 Å². The quantitative estimate of drug-likeness (QED) is 0.873. The Kier molecular flexibility index (Phi) is 3.93. The molecule has 3 heterocycles. The first-order chi connectivity index (χ1) is 9.98. The summed E-state index contributed by atoms with van der Waals surface area (Å²) in [5.74, 6) is 0.781. The Balaban J connectivity index is 1.54. The molecule has 0 radical (unpaired) electrons. The van der Waals surface area contributed by atoms with Gasteiger partial charge in [0, 0.05) is 18.8 Å². The molecular formula is C16H22ClN3O. The Hall–Kier alpha value is -1.13. The van der Waals surface area contributed by atoms with Gasteiger partial charge >= 0.3 is 0 Å². The van der Waals surface area contributed by atoms with Gasteiger partial charge in [-0.15, -0.1) is 0 Å². The zero-order chi connectivity index (χ0) is 15.0. The van der Waals surface area contributed by atoms with E-state index in [1.807, 2.05) is 12.1 Å². The molecule has 0 aliphatic carbocycles. The number of aromatic nitrogens is 1. The Bertz CT molecular complexity index is 538. The van der Waals surface area contributed by atoms with Crippen molar-refractivity contribution < 1.29 is 4.79 Å². The maximum Gasteiger partial charge on any atom is 0.228 e. The number of β-lactam (4-membered cyclic amide) rings is 1. The van der Waals surface area contributed by atoms with Gasteiger partial charge in [0.1, 0.15) is 0 Å². The maximum absolute atomic E-state index is 11.6. The molecule has 5 heteroatoms. The normalized spacial score (nSPS) is 26.2. The largest absolute Gasteiger partial charge is 0.351 e. The van der Waals surface area contributed by atoms with Crippen LogP contribution in [0.2, 0.25) is 5.02 Å². The highest BCUT2D eigenvalue weighted by atomic mass is 35.5. The number of hydrogen-bond donors (Lipinski definition) is 1. The minimum Gasteiger partial charge on any atom is -0.351 e. The summed E-state index contributed by atoms with van der Waals surface area (Å²) < 4.78 is 0. The van der Waals surface area contributed by atoms with E-state index in [2.05, 4.69) is 29.0 Å². The van der Waals surface area contributed by atoms with Crippen molar-refractivity contribution in [1.29, 1.82) is 0 Å². The van der Waals surface area contributed by atoms with Gasteiger partial charge in [0.05, 0.1) is 16.1 Å². The topological polar surface area (TPSA) is 45.2 Å². The van der Waals surface area contributed by atoms with Crippen LogP contribution in [0.25, 0.3) is 0 Å². The average molecular weight is 308 g/mol. The summed E-state index contributed by atoms with van der Waals surface area (Å²) >= 11 is 6.17. The van der Waals surface area contributed by atoms with Gasteiger partial charge in [0.2, 0.25) is 5.91 Å². The van der Waals surface area contributed by atoms with E-state index >= 15 is 0 Å². The summed E-state index contributed by atoms with van der Waals surface area (Å²) in [5, 5.41) is 3.83. The van der Waals surface area contributed by atoms with Crippen molar-refractivity contribution in [1.82, 2.24) is 15.2 Å². The van der Waals surface area contributed by atoms with E-state index in [4.69, 9.17) is 11.6 Å². The van der Waals surface area contributed by atoms with Crippen LogP contribution in [-0.2, 0) is 11.3 Å². The summed E-state index contributed by atoms with van der Waals surface area (Å²) in [6.07, 6.45) is 4.04. The van der Waals surface area contributed by atoms with Crippen LogP contribution < -0.4 is 5.32 Å². The molecule has 114 valence electrons. The van der Waals surface area contributed by atoms with Crippen molar-refractivity contribution in [3.05, 3.63) is 29.0 Å². The second-order valence-corrected chi connectivity index (χ2v) is 7.13. The number of nitrogens with one attached hydrogen (secondary N) is 1. The lowest BCUT2D eigenvalue weighted by Crippen LogP contribution is -2.67. The highest BCUT2D eigenvalue weighted by Crippen LogP contribution is 2.38. The number of carbonyl (C=O) groups is 1. The Morgan fingerprint density at radius 3 is 2.71 bits per heavy atom. The van der Waals surface area contributed by atoms with Gasteiger partial charge in [-0.25, -0.2) is 0 Å². The molecule has 2 saturated heterocycles. The van der Waals surface area contributed by atoms with Crippen LogP contribution in [0.15, 0.2) is 18.3 Å². The number of amides is 1. The number of piperidine rings is 1. The molecule has 2 aliphatic heterocycles. The molecule has 0 spiro atoms. The maximum atomic E-state index is 11.6. The molecule has 1 aromatic heterocycles. The average Bonchev–Trinajstić information content (AvgIpc) is 2.48. The van der Waals surface area contributed by atoms with Crippen molar-refractivity contribution in [2.24, 2.45) is 11.3 Å². The van der Waals surface area contributed by atoms with Crippen molar-refractivity contribution in [3.8, 4) is 0 Å². The smallest absolute Gasteiger partial charge is 0.228 e. The summed E-state index contributed by atoms with van der Waals surface area (Å²) in [4.78, 5) is 18.4. The molecule has 1 N–H and O–H groups in total. The minimum atomic E-state index is -0.197.